The van der Waals surface area contributed by atoms with Crippen molar-refractivity contribution in [2.75, 3.05) is 30.3 Å². The van der Waals surface area contributed by atoms with Gasteiger partial charge in [0.05, 0.1) is 11.4 Å². The van der Waals surface area contributed by atoms with Crippen molar-refractivity contribution >= 4 is 23.0 Å². The Balaban J connectivity index is 1.58. The normalized spacial score (nSPS) is 15.2. The van der Waals surface area contributed by atoms with Crippen LogP contribution in [0.1, 0.15) is 39.4 Å². The number of nitrogens with one attached hydrogen (secondary N) is 3. The first-order valence-electron chi connectivity index (χ1n) is 10.4. The van der Waals surface area contributed by atoms with E-state index in [1.165, 1.54) is 12.3 Å². The van der Waals surface area contributed by atoms with Crippen LogP contribution in [0.4, 0.5) is 20.6 Å². The van der Waals surface area contributed by atoms with Gasteiger partial charge in [-0.25, -0.2) is 9.18 Å². The van der Waals surface area contributed by atoms with Crippen molar-refractivity contribution in [1.29, 1.82) is 5.26 Å². The second kappa shape index (κ2) is 10.1. The fourth-order valence-electron chi connectivity index (χ4n) is 3.29. The minimum atomic E-state index is -0.521. The molecule has 3 rings (SSSR count). The molecule has 2 heterocycles. The number of nitriles is 1. The number of ether oxygens (including phenoxy) is 1. The number of benzene rings is 1. The first kappa shape index (κ1) is 23.0. The highest BCUT2D eigenvalue weighted by Crippen LogP contribution is 2.27. The van der Waals surface area contributed by atoms with E-state index in [0.29, 0.717) is 31.0 Å². The van der Waals surface area contributed by atoms with Gasteiger partial charge in [-0.1, -0.05) is 6.07 Å². The van der Waals surface area contributed by atoms with Crippen LogP contribution >= 0.6 is 0 Å². The number of para-hydroxylation sites is 1. The van der Waals surface area contributed by atoms with Crippen molar-refractivity contribution in [3.63, 3.8) is 0 Å². The monoisotopic (exact) mass is 442 g/mol. The van der Waals surface area contributed by atoms with Gasteiger partial charge >= 0.3 is 6.09 Å². The summed E-state index contributed by atoms with van der Waals surface area (Å²) in [7, 11) is 0. The third-order valence-corrected chi connectivity index (χ3v) is 4.93. The fraction of sp³-hybridized carbons (Fsp3) is 0.476. The van der Waals surface area contributed by atoms with Crippen LogP contribution in [-0.2, 0) is 4.74 Å². The smallest absolute Gasteiger partial charge is 0.410 e. The van der Waals surface area contributed by atoms with E-state index < -0.39 is 11.4 Å². The number of allylic oxidation sites excluding steroid dienone is 1. The fourth-order valence-corrected chi connectivity index (χ4v) is 3.29. The van der Waals surface area contributed by atoms with Crippen LogP contribution < -0.4 is 10.6 Å². The summed E-state index contributed by atoms with van der Waals surface area (Å²) in [5.41, 5.74) is 0.424. The summed E-state index contributed by atoms with van der Waals surface area (Å²) in [6.45, 7) is 7.29. The summed E-state index contributed by atoms with van der Waals surface area (Å²) in [6, 6.07) is 6.63. The first-order chi connectivity index (χ1) is 15.3. The number of carbonyl (C=O) groups is 1. The summed E-state index contributed by atoms with van der Waals surface area (Å²) in [4.78, 5) is 13.9. The molecule has 0 atom stereocenters. The minimum Gasteiger partial charge on any atom is -0.444 e. The molecule has 10 nitrogen and oxygen atoms in total. The van der Waals surface area contributed by atoms with Crippen LogP contribution in [0.5, 0.6) is 0 Å². The number of amides is 1. The first-order valence-corrected chi connectivity index (χ1v) is 10.4. The molecule has 1 aliphatic rings. The van der Waals surface area contributed by atoms with Gasteiger partial charge < -0.3 is 20.3 Å². The lowest BCUT2D eigenvalue weighted by Gasteiger charge is -2.33. The molecule has 0 spiro atoms. The molecular formula is C21H27FN8O2. The van der Waals surface area contributed by atoms with Crippen molar-refractivity contribution in [2.24, 2.45) is 5.92 Å². The van der Waals surface area contributed by atoms with Gasteiger partial charge in [0.25, 0.3) is 0 Å². The van der Waals surface area contributed by atoms with E-state index in [1.807, 2.05) is 26.8 Å². The highest BCUT2D eigenvalue weighted by atomic mass is 19.1. The van der Waals surface area contributed by atoms with Crippen molar-refractivity contribution in [3.05, 3.63) is 36.0 Å². The molecule has 11 heteroatoms. The van der Waals surface area contributed by atoms with Gasteiger partial charge in [-0.3, -0.25) is 0 Å². The number of halogens is 1. The summed E-state index contributed by atoms with van der Waals surface area (Å²) >= 11 is 0. The number of aromatic nitrogens is 4. The van der Waals surface area contributed by atoms with Gasteiger partial charge in [-0.15, -0.1) is 10.2 Å². The third kappa shape index (κ3) is 6.16. The Bertz CT molecular complexity index is 986. The van der Waals surface area contributed by atoms with Crippen molar-refractivity contribution in [2.45, 2.75) is 39.2 Å². The lowest BCUT2D eigenvalue weighted by molar-refractivity contribution is 0.0188. The largest absolute Gasteiger partial charge is 0.444 e. The predicted molar refractivity (Wildman–Crippen MR) is 117 cm³/mol. The van der Waals surface area contributed by atoms with Crippen molar-refractivity contribution in [1.82, 2.24) is 25.5 Å². The summed E-state index contributed by atoms with van der Waals surface area (Å²) < 4.78 is 19.9. The number of carbonyl (C=O) groups excluding carboxylic acids is 1. The van der Waals surface area contributed by atoms with Crippen molar-refractivity contribution < 1.29 is 13.9 Å². The van der Waals surface area contributed by atoms with Crippen LogP contribution in [-0.4, -0.2) is 56.9 Å². The number of hydrogen-bond donors (Lipinski definition) is 3. The molecule has 0 saturated carbocycles. The van der Waals surface area contributed by atoms with E-state index >= 15 is 0 Å². The molecule has 2 aromatic rings. The summed E-state index contributed by atoms with van der Waals surface area (Å²) in [5.74, 6) is 0.0148. The highest BCUT2D eigenvalue weighted by molar-refractivity contribution is 5.77. The van der Waals surface area contributed by atoms with Gasteiger partial charge in [-0.2, -0.15) is 10.5 Å². The molecule has 0 bridgehead atoms. The van der Waals surface area contributed by atoms with Gasteiger partial charge in [0, 0.05) is 25.8 Å². The molecule has 1 aromatic heterocycles. The summed E-state index contributed by atoms with van der Waals surface area (Å²) in [6.07, 6.45) is 2.69. The van der Waals surface area contributed by atoms with Crippen LogP contribution in [0, 0.1) is 23.1 Å². The molecule has 1 fully saturated rings. The van der Waals surface area contributed by atoms with E-state index in [2.05, 4.69) is 31.3 Å². The van der Waals surface area contributed by atoms with Crippen LogP contribution in [0.25, 0.3) is 5.57 Å². The number of anilines is 2. The molecule has 1 aliphatic heterocycles. The molecule has 1 amide bonds. The number of aromatic amines is 1. The Kier molecular flexibility index (Phi) is 7.25. The molecule has 1 aromatic carbocycles. The second-order valence-electron chi connectivity index (χ2n) is 8.50. The van der Waals surface area contributed by atoms with Gasteiger partial charge in [0.1, 0.15) is 23.1 Å². The van der Waals surface area contributed by atoms with E-state index in [0.717, 1.165) is 12.8 Å². The molecule has 3 N–H and O–H groups in total. The molecule has 0 unspecified atom stereocenters. The lowest BCUT2D eigenvalue weighted by atomic mass is 9.97. The highest BCUT2D eigenvalue weighted by Gasteiger charge is 2.27. The van der Waals surface area contributed by atoms with E-state index in [9.17, 15) is 14.4 Å². The van der Waals surface area contributed by atoms with Gasteiger partial charge in [-0.05, 0) is 56.9 Å². The number of likely N-dealkylation sites (tertiary alicyclic amines) is 1. The maximum Gasteiger partial charge on any atom is 0.410 e. The number of hydrogen-bond acceptors (Lipinski definition) is 8. The van der Waals surface area contributed by atoms with E-state index in [-0.39, 0.29) is 23.4 Å². The molecular weight excluding hydrogens is 415 g/mol. The maximum absolute atomic E-state index is 14.5. The van der Waals surface area contributed by atoms with E-state index in [4.69, 9.17) is 4.74 Å². The minimum absolute atomic E-state index is 0.141. The zero-order chi connectivity index (χ0) is 23.1. The molecule has 32 heavy (non-hydrogen) atoms. The van der Waals surface area contributed by atoms with Crippen LogP contribution in [0.2, 0.25) is 0 Å². The van der Waals surface area contributed by atoms with Gasteiger partial charge in [0.15, 0.2) is 0 Å². The molecule has 0 aliphatic carbocycles. The number of nitrogens with zero attached hydrogens (tertiary/aromatic N) is 5. The zero-order valence-corrected chi connectivity index (χ0v) is 18.4. The summed E-state index contributed by atoms with van der Waals surface area (Å²) in [5, 5.41) is 28.7. The van der Waals surface area contributed by atoms with E-state index in [1.54, 1.807) is 17.0 Å². The average Bonchev–Trinajstić information content (AvgIpc) is 3.27. The lowest BCUT2D eigenvalue weighted by Crippen LogP contribution is -2.42. The Labute approximate surface area is 185 Å². The zero-order valence-electron chi connectivity index (χ0n) is 18.4. The number of rotatable bonds is 6. The molecule has 1 saturated heterocycles. The number of H-pyrrole nitrogens is 1. The Morgan fingerprint density at radius 3 is 2.78 bits per heavy atom. The molecule has 0 radical (unpaired) electrons. The number of piperidine rings is 1. The SMILES string of the molecule is CC(C)(C)OC(=O)N1CCC(CNc2c(F)cccc2NC=C(C#N)c2nn[nH]n2)CC1. The van der Waals surface area contributed by atoms with Gasteiger partial charge in [0.2, 0.25) is 5.82 Å². The topological polar surface area (TPSA) is 132 Å². The standard InChI is InChI=1S/C21H27FN8O2/c1-21(2,3)32-20(31)30-9-7-14(8-10-30)12-25-18-16(22)5-4-6-17(18)24-13-15(11-23)19-26-28-29-27-19/h4-6,13-14,24-25H,7-10,12H2,1-3H3,(H,26,27,28,29). The second-order valence-corrected chi connectivity index (χ2v) is 8.50. The van der Waals surface area contributed by atoms with Crippen LogP contribution in [0.15, 0.2) is 24.4 Å². The average molecular weight is 442 g/mol. The molecule has 170 valence electrons. The predicted octanol–water partition coefficient (Wildman–Crippen LogP) is 3.37. The Morgan fingerprint density at radius 1 is 1.41 bits per heavy atom. The Hall–Kier alpha value is -3.68. The third-order valence-electron chi connectivity index (χ3n) is 4.93. The Morgan fingerprint density at radius 2 is 2.16 bits per heavy atom. The van der Waals surface area contributed by atoms with Crippen LogP contribution in [0.3, 0.4) is 0 Å². The maximum atomic E-state index is 14.5. The number of tetrazole rings is 1. The quantitative estimate of drug-likeness (QED) is 0.580. The van der Waals surface area contributed by atoms with Crippen molar-refractivity contribution in [3.8, 4) is 6.07 Å².